The highest BCUT2D eigenvalue weighted by atomic mass is 32.2. The molecule has 0 bridgehead atoms. The molecule has 1 aliphatic rings. The number of anilines is 2. The number of fused-ring (bicyclic) bond motifs is 2. The van der Waals surface area contributed by atoms with E-state index in [0.717, 1.165) is 16.5 Å². The molecule has 0 spiro atoms. The van der Waals surface area contributed by atoms with E-state index in [2.05, 4.69) is 10.3 Å². The molecule has 4 aromatic rings. The van der Waals surface area contributed by atoms with Crippen molar-refractivity contribution in [2.75, 3.05) is 50.2 Å². The molecule has 1 aromatic heterocycles. The van der Waals surface area contributed by atoms with Crippen LogP contribution in [-0.2, 0) is 19.6 Å². The molecule has 212 valence electrons. The molecule has 0 saturated carbocycles. The highest BCUT2D eigenvalue weighted by Crippen LogP contribution is 2.37. The van der Waals surface area contributed by atoms with Crippen LogP contribution in [0.25, 0.3) is 10.9 Å². The van der Waals surface area contributed by atoms with Crippen molar-refractivity contribution < 1.29 is 22.7 Å². The average Bonchev–Trinajstić information content (AvgIpc) is 3.53. The Labute approximate surface area is 238 Å². The maximum absolute atomic E-state index is 13.4. The molecular weight excluding hydrogens is 542 g/mol. The van der Waals surface area contributed by atoms with Gasteiger partial charge in [0.1, 0.15) is 5.92 Å². The maximum atomic E-state index is 13.4. The summed E-state index contributed by atoms with van der Waals surface area (Å²) in [6.07, 6.45) is 3.03. The summed E-state index contributed by atoms with van der Waals surface area (Å²) in [6, 6.07) is 19.7. The molecule has 3 aromatic carbocycles. The summed E-state index contributed by atoms with van der Waals surface area (Å²) in [5, 5.41) is 3.86. The Balaban J connectivity index is 1.58. The van der Waals surface area contributed by atoms with Crippen LogP contribution in [0, 0.1) is 0 Å². The van der Waals surface area contributed by atoms with Crippen LogP contribution in [0.2, 0.25) is 0 Å². The van der Waals surface area contributed by atoms with Gasteiger partial charge in [0.2, 0.25) is 15.9 Å². The lowest BCUT2D eigenvalue weighted by molar-refractivity contribution is -0.115. The number of amides is 1. The van der Waals surface area contributed by atoms with E-state index in [9.17, 15) is 18.0 Å². The number of nitrogens with one attached hydrogen (secondary N) is 2. The summed E-state index contributed by atoms with van der Waals surface area (Å²) >= 11 is 0. The molecule has 1 atom stereocenters. The second kappa shape index (κ2) is 11.2. The monoisotopic (exact) mass is 573 g/mol. The Kier molecular flexibility index (Phi) is 7.65. The number of carbonyl (C=O) groups excluding carboxylic acids is 2. The summed E-state index contributed by atoms with van der Waals surface area (Å²) in [7, 11) is 1.59. The molecule has 1 unspecified atom stereocenters. The number of aromatic amines is 1. The van der Waals surface area contributed by atoms with Crippen molar-refractivity contribution in [2.45, 2.75) is 5.92 Å². The molecule has 2 heterocycles. The van der Waals surface area contributed by atoms with Crippen LogP contribution in [0.1, 0.15) is 27.4 Å². The lowest BCUT2D eigenvalue weighted by atomic mass is 9.89. The Morgan fingerprint density at radius 3 is 2.39 bits per heavy atom. The first-order valence-corrected chi connectivity index (χ1v) is 14.8. The van der Waals surface area contributed by atoms with Gasteiger partial charge in [0, 0.05) is 35.9 Å². The minimum Gasteiger partial charge on any atom is -0.465 e. The predicted molar refractivity (Wildman–Crippen MR) is 161 cm³/mol. The Hall–Kier alpha value is -4.48. The van der Waals surface area contributed by atoms with Crippen molar-refractivity contribution in [1.29, 1.82) is 0 Å². The molecule has 0 fully saturated rings. The van der Waals surface area contributed by atoms with Gasteiger partial charge in [-0.05, 0) is 79.8 Å². The fourth-order valence-corrected chi connectivity index (χ4v) is 5.81. The van der Waals surface area contributed by atoms with Crippen molar-refractivity contribution in [2.24, 2.45) is 4.99 Å². The lowest BCUT2D eigenvalue weighted by Crippen LogP contribution is -2.35. The molecule has 0 aliphatic carbocycles. The smallest absolute Gasteiger partial charge is 0.337 e. The van der Waals surface area contributed by atoms with E-state index in [1.807, 2.05) is 49.5 Å². The first-order valence-electron chi connectivity index (χ1n) is 13.0. The van der Waals surface area contributed by atoms with Crippen molar-refractivity contribution >= 4 is 55.6 Å². The molecule has 0 radical (unpaired) electrons. The quantitative estimate of drug-likeness (QED) is 0.229. The SMILES string of the molecule is COC(=O)c1ccc2c(c1)NC(=O)C2C(=Nc1ccc(N(CCN(C)C)S(C)(=O)=O)cc1)c1ccc2[nH]ccc2c1. The van der Waals surface area contributed by atoms with Gasteiger partial charge in [-0.2, -0.15) is 0 Å². The van der Waals surface area contributed by atoms with Crippen LogP contribution in [0.3, 0.4) is 0 Å². The third-order valence-corrected chi connectivity index (χ3v) is 8.16. The third kappa shape index (κ3) is 5.86. The van der Waals surface area contributed by atoms with Crippen molar-refractivity contribution in [3.05, 3.63) is 89.6 Å². The van der Waals surface area contributed by atoms with Gasteiger partial charge < -0.3 is 19.9 Å². The van der Waals surface area contributed by atoms with Crippen LogP contribution in [0.4, 0.5) is 17.1 Å². The highest BCUT2D eigenvalue weighted by Gasteiger charge is 2.36. The molecule has 0 saturated heterocycles. The molecule has 2 N–H and O–H groups in total. The van der Waals surface area contributed by atoms with Gasteiger partial charge in [-0.15, -0.1) is 0 Å². The van der Waals surface area contributed by atoms with Gasteiger partial charge in [0.25, 0.3) is 0 Å². The molecule has 10 nitrogen and oxygen atoms in total. The number of H-pyrrole nitrogens is 1. The van der Waals surface area contributed by atoms with E-state index >= 15 is 0 Å². The predicted octanol–water partition coefficient (Wildman–Crippen LogP) is 4.14. The minimum absolute atomic E-state index is 0.265. The molecule has 1 amide bonds. The zero-order chi connectivity index (χ0) is 29.3. The summed E-state index contributed by atoms with van der Waals surface area (Å²) < 4.78 is 31.2. The standard InChI is InChI=1S/C30H31N5O5S/c1-34(2)15-16-35(41(4,38)39)23-9-7-22(8-10-23)32-28(20-6-12-25-19(17-20)13-14-31-25)27-24-11-5-21(30(37)40-3)18-26(24)33-29(27)36/h5-14,17-18,27,31H,15-16H2,1-4H3,(H,33,36). The van der Waals surface area contributed by atoms with Gasteiger partial charge >= 0.3 is 5.97 Å². The normalized spacial score (nSPS) is 15.2. The fraction of sp³-hybridized carbons (Fsp3) is 0.233. The maximum Gasteiger partial charge on any atom is 0.337 e. The number of esters is 1. The second-order valence-electron chi connectivity index (χ2n) is 10.1. The number of hydrogen-bond acceptors (Lipinski definition) is 7. The van der Waals surface area contributed by atoms with E-state index in [1.54, 1.807) is 42.5 Å². The van der Waals surface area contributed by atoms with Crippen LogP contribution in [0.15, 0.2) is 77.9 Å². The van der Waals surface area contributed by atoms with Gasteiger partial charge in [0.05, 0.1) is 36.0 Å². The van der Waals surface area contributed by atoms with E-state index < -0.39 is 21.9 Å². The number of rotatable bonds is 9. The van der Waals surface area contributed by atoms with Crippen LogP contribution < -0.4 is 9.62 Å². The summed E-state index contributed by atoms with van der Waals surface area (Å²) in [5.41, 5.74) is 4.88. The number of hydrogen-bond donors (Lipinski definition) is 2. The minimum atomic E-state index is -3.49. The van der Waals surface area contributed by atoms with E-state index in [4.69, 9.17) is 9.73 Å². The topological polar surface area (TPSA) is 124 Å². The summed E-state index contributed by atoms with van der Waals surface area (Å²) in [5.74, 6) is -1.50. The number of nitrogens with zero attached hydrogens (tertiary/aromatic N) is 3. The lowest BCUT2D eigenvalue weighted by Gasteiger charge is -2.24. The first-order chi connectivity index (χ1) is 19.5. The van der Waals surface area contributed by atoms with Crippen LogP contribution >= 0.6 is 0 Å². The van der Waals surface area contributed by atoms with Crippen molar-refractivity contribution in [3.8, 4) is 0 Å². The fourth-order valence-electron chi connectivity index (χ4n) is 4.90. The van der Waals surface area contributed by atoms with E-state index in [0.29, 0.717) is 47.0 Å². The number of benzene rings is 3. The molecule has 1 aliphatic heterocycles. The van der Waals surface area contributed by atoms with Crippen LogP contribution in [0.5, 0.6) is 0 Å². The molecule has 41 heavy (non-hydrogen) atoms. The Bertz CT molecular complexity index is 1760. The van der Waals surface area contributed by atoms with E-state index in [1.165, 1.54) is 17.7 Å². The zero-order valence-corrected chi connectivity index (χ0v) is 24.0. The Morgan fingerprint density at radius 2 is 1.71 bits per heavy atom. The summed E-state index contributed by atoms with van der Waals surface area (Å²) in [4.78, 5) is 35.5. The van der Waals surface area contributed by atoms with E-state index in [-0.39, 0.29) is 5.91 Å². The number of aromatic nitrogens is 1. The number of methoxy groups -OCH3 is 1. The zero-order valence-electron chi connectivity index (χ0n) is 23.2. The number of ether oxygens (including phenoxy) is 1. The number of likely N-dealkylation sites (N-methyl/N-ethyl adjacent to an activating group) is 1. The van der Waals surface area contributed by atoms with Crippen molar-refractivity contribution in [3.63, 3.8) is 0 Å². The first kappa shape index (κ1) is 28.1. The van der Waals surface area contributed by atoms with Crippen LogP contribution in [-0.4, -0.2) is 76.4 Å². The van der Waals surface area contributed by atoms with Gasteiger partial charge in [-0.3, -0.25) is 14.1 Å². The third-order valence-electron chi connectivity index (χ3n) is 6.97. The number of aliphatic imine (C=N–C) groups is 1. The highest BCUT2D eigenvalue weighted by molar-refractivity contribution is 7.92. The average molecular weight is 574 g/mol. The molecular formula is C30H31N5O5S. The van der Waals surface area contributed by atoms with Gasteiger partial charge in [-0.1, -0.05) is 12.1 Å². The summed E-state index contributed by atoms with van der Waals surface area (Å²) in [6.45, 7) is 0.871. The largest absolute Gasteiger partial charge is 0.465 e. The van der Waals surface area contributed by atoms with Gasteiger partial charge in [-0.25, -0.2) is 13.2 Å². The number of carbonyl (C=O) groups is 2. The van der Waals surface area contributed by atoms with Gasteiger partial charge in [0.15, 0.2) is 0 Å². The number of sulfonamides is 1. The second-order valence-corrected chi connectivity index (χ2v) is 12.1. The van der Waals surface area contributed by atoms with Crippen molar-refractivity contribution in [1.82, 2.24) is 9.88 Å². The Morgan fingerprint density at radius 1 is 0.976 bits per heavy atom. The molecule has 5 rings (SSSR count). The molecule has 11 heteroatoms.